The summed E-state index contributed by atoms with van der Waals surface area (Å²) in [5.74, 6) is -0.311. The molecule has 1 atom stereocenters. The number of hydrogen-bond acceptors (Lipinski definition) is 3. The quantitative estimate of drug-likeness (QED) is 0.0767. The highest BCUT2D eigenvalue weighted by molar-refractivity contribution is 5.88. The van der Waals surface area contributed by atoms with E-state index >= 15 is 0 Å². The standard InChI is InChI=1S/C34H48N6O2.HI/c1-4-40(5-2,6-3)22-12-11-15-30(35)34(42)39(21-19-27-24-38-32-17-10-8-14-29(27)32)25-33(41)36-20-18-26-23-37-31-16-9-7-13-28(26)31;/h7-10,13-14,16-17,23-24,30,37-38H,4-6,11-12,15,18-22,25,35H2,1-3H3;1H/t30-;/m0./s1. The minimum atomic E-state index is -0.612. The van der Waals surface area contributed by atoms with Crippen LogP contribution in [0.5, 0.6) is 0 Å². The molecule has 0 unspecified atom stereocenters. The summed E-state index contributed by atoms with van der Waals surface area (Å²) >= 11 is 0. The molecule has 4 rings (SSSR count). The number of fused-ring (bicyclic) bond motifs is 2. The molecule has 234 valence electrons. The fraction of sp³-hybridized carbons (Fsp3) is 0.471. The van der Waals surface area contributed by atoms with Crippen LogP contribution in [0.15, 0.2) is 60.9 Å². The van der Waals surface area contributed by atoms with Crippen LogP contribution < -0.4 is 35.0 Å². The summed E-state index contributed by atoms with van der Waals surface area (Å²) < 4.78 is 1.10. The average Bonchev–Trinajstić information content (AvgIpc) is 3.63. The number of amides is 2. The van der Waals surface area contributed by atoms with E-state index in [1.807, 2.05) is 48.8 Å². The van der Waals surface area contributed by atoms with Crippen LogP contribution in [-0.4, -0.2) is 83.0 Å². The number of hydrogen-bond donors (Lipinski definition) is 4. The van der Waals surface area contributed by atoms with Crippen molar-refractivity contribution in [1.82, 2.24) is 20.2 Å². The lowest BCUT2D eigenvalue weighted by Crippen LogP contribution is -3.00. The smallest absolute Gasteiger partial charge is 0.239 e. The van der Waals surface area contributed by atoms with Crippen molar-refractivity contribution >= 4 is 33.6 Å². The van der Waals surface area contributed by atoms with Crippen LogP contribution >= 0.6 is 0 Å². The van der Waals surface area contributed by atoms with E-state index in [4.69, 9.17) is 5.73 Å². The molecule has 5 N–H and O–H groups in total. The molecule has 0 radical (unpaired) electrons. The molecule has 0 aliphatic carbocycles. The first-order valence-corrected chi connectivity index (χ1v) is 15.7. The first-order chi connectivity index (χ1) is 20.4. The van der Waals surface area contributed by atoms with Gasteiger partial charge in [0.25, 0.3) is 0 Å². The second-order valence-corrected chi connectivity index (χ2v) is 11.4. The molecule has 0 saturated heterocycles. The molecule has 2 heterocycles. The summed E-state index contributed by atoms with van der Waals surface area (Å²) in [6.45, 7) is 12.2. The Kier molecular flexibility index (Phi) is 13.5. The Morgan fingerprint density at radius 3 is 2.00 bits per heavy atom. The van der Waals surface area contributed by atoms with Crippen molar-refractivity contribution in [3.8, 4) is 0 Å². The number of nitrogens with zero attached hydrogens (tertiary/aromatic N) is 2. The van der Waals surface area contributed by atoms with Crippen molar-refractivity contribution in [2.75, 3.05) is 45.8 Å². The van der Waals surface area contributed by atoms with Gasteiger partial charge in [-0.15, -0.1) is 0 Å². The average molecular weight is 701 g/mol. The molecule has 8 nitrogen and oxygen atoms in total. The maximum absolute atomic E-state index is 13.6. The van der Waals surface area contributed by atoms with Crippen LogP contribution in [0.25, 0.3) is 21.8 Å². The van der Waals surface area contributed by atoms with Gasteiger partial charge in [0.05, 0.1) is 38.8 Å². The summed E-state index contributed by atoms with van der Waals surface area (Å²) in [7, 11) is 0. The van der Waals surface area contributed by atoms with Crippen molar-refractivity contribution in [1.29, 1.82) is 0 Å². The van der Waals surface area contributed by atoms with Crippen molar-refractivity contribution < 1.29 is 38.0 Å². The van der Waals surface area contributed by atoms with Gasteiger partial charge in [-0.05, 0) is 76.1 Å². The molecule has 0 spiro atoms. The molecule has 4 aromatic rings. The summed E-state index contributed by atoms with van der Waals surface area (Å²) in [6, 6.07) is 15.7. The van der Waals surface area contributed by atoms with E-state index in [0.717, 1.165) is 71.1 Å². The predicted molar refractivity (Wildman–Crippen MR) is 172 cm³/mol. The normalized spacial score (nSPS) is 12.3. The Bertz CT molecular complexity index is 1430. The third kappa shape index (κ3) is 9.06. The van der Waals surface area contributed by atoms with Crippen molar-refractivity contribution in [3.05, 3.63) is 72.1 Å². The molecule has 43 heavy (non-hydrogen) atoms. The van der Waals surface area contributed by atoms with Gasteiger partial charge in [-0.1, -0.05) is 36.4 Å². The largest absolute Gasteiger partial charge is 1.00 e. The number of para-hydroxylation sites is 2. The van der Waals surface area contributed by atoms with E-state index < -0.39 is 6.04 Å². The van der Waals surface area contributed by atoms with E-state index in [2.05, 4.69) is 48.2 Å². The SMILES string of the molecule is CC[N+](CC)(CC)CCCC[C@H](N)C(=O)N(CCc1c[nH]c2ccccc12)CC(=O)NCCc1c[nH]c2ccccc12.[I-]. The number of aromatic nitrogens is 2. The summed E-state index contributed by atoms with van der Waals surface area (Å²) in [6.07, 6.45) is 7.92. The molecule has 2 aromatic carbocycles. The zero-order chi connectivity index (χ0) is 30.0. The van der Waals surface area contributed by atoms with Crippen LogP contribution in [0.3, 0.4) is 0 Å². The van der Waals surface area contributed by atoms with Gasteiger partial charge in [-0.2, -0.15) is 0 Å². The second kappa shape index (κ2) is 16.8. The molecular formula is C34H49IN6O2. The predicted octanol–water partition coefficient (Wildman–Crippen LogP) is 1.76. The van der Waals surface area contributed by atoms with Gasteiger partial charge < -0.3 is 54.4 Å². The fourth-order valence-corrected chi connectivity index (χ4v) is 6.08. The van der Waals surface area contributed by atoms with Gasteiger partial charge in [-0.25, -0.2) is 0 Å². The molecule has 0 aliphatic heterocycles. The lowest BCUT2D eigenvalue weighted by atomic mass is 10.1. The van der Waals surface area contributed by atoms with Gasteiger partial charge in [0, 0.05) is 47.3 Å². The van der Waals surface area contributed by atoms with E-state index in [1.165, 1.54) is 5.39 Å². The molecular weight excluding hydrogens is 651 g/mol. The topological polar surface area (TPSA) is 107 Å². The number of halogens is 1. The number of carbonyl (C=O) groups is 2. The Labute approximate surface area is 273 Å². The number of H-pyrrole nitrogens is 2. The second-order valence-electron chi connectivity index (χ2n) is 11.4. The molecule has 2 amide bonds. The zero-order valence-corrected chi connectivity index (χ0v) is 28.2. The van der Waals surface area contributed by atoms with Crippen LogP contribution in [0.2, 0.25) is 0 Å². The highest BCUT2D eigenvalue weighted by Crippen LogP contribution is 2.19. The van der Waals surface area contributed by atoms with Crippen LogP contribution in [0.4, 0.5) is 0 Å². The highest BCUT2D eigenvalue weighted by Gasteiger charge is 2.25. The van der Waals surface area contributed by atoms with E-state index in [0.29, 0.717) is 32.4 Å². The third-order valence-electron chi connectivity index (χ3n) is 9.09. The lowest BCUT2D eigenvalue weighted by Gasteiger charge is -2.36. The van der Waals surface area contributed by atoms with Gasteiger partial charge in [0.1, 0.15) is 0 Å². The van der Waals surface area contributed by atoms with E-state index in [9.17, 15) is 9.59 Å². The monoisotopic (exact) mass is 700 g/mol. The Balaban J connectivity index is 0.00000506. The van der Waals surface area contributed by atoms with Gasteiger partial charge in [-0.3, -0.25) is 9.59 Å². The number of nitrogens with two attached hydrogens (primary N) is 1. The molecule has 9 heteroatoms. The third-order valence-corrected chi connectivity index (χ3v) is 9.09. The fourth-order valence-electron chi connectivity index (χ4n) is 6.08. The van der Waals surface area contributed by atoms with Crippen molar-refractivity contribution in [2.24, 2.45) is 5.73 Å². The van der Waals surface area contributed by atoms with E-state index in [-0.39, 0.29) is 42.3 Å². The summed E-state index contributed by atoms with van der Waals surface area (Å²) in [5, 5.41) is 5.33. The summed E-state index contributed by atoms with van der Waals surface area (Å²) in [5.41, 5.74) is 10.9. The van der Waals surface area contributed by atoms with Crippen LogP contribution in [0.1, 0.15) is 51.2 Å². The zero-order valence-electron chi connectivity index (χ0n) is 26.0. The van der Waals surface area contributed by atoms with Gasteiger partial charge in [0.15, 0.2) is 0 Å². The number of benzene rings is 2. The molecule has 2 aromatic heterocycles. The first kappa shape index (κ1) is 34.6. The maximum atomic E-state index is 13.6. The number of rotatable bonds is 17. The lowest BCUT2D eigenvalue weighted by molar-refractivity contribution is -0.923. The first-order valence-electron chi connectivity index (χ1n) is 15.7. The number of aromatic amines is 2. The number of nitrogens with one attached hydrogen (secondary N) is 3. The Morgan fingerprint density at radius 2 is 1.42 bits per heavy atom. The summed E-state index contributed by atoms with van der Waals surface area (Å²) in [4.78, 5) is 34.9. The number of carbonyl (C=O) groups excluding carboxylic acids is 2. The molecule has 0 bridgehead atoms. The van der Waals surface area contributed by atoms with Gasteiger partial charge >= 0.3 is 0 Å². The van der Waals surface area contributed by atoms with Crippen LogP contribution in [0, 0.1) is 0 Å². The van der Waals surface area contributed by atoms with E-state index in [1.54, 1.807) is 4.90 Å². The molecule has 0 fully saturated rings. The van der Waals surface area contributed by atoms with Crippen molar-refractivity contribution in [3.63, 3.8) is 0 Å². The minimum absolute atomic E-state index is 0. The Hall–Kier alpha value is -2.89. The van der Waals surface area contributed by atoms with Crippen molar-refractivity contribution in [2.45, 2.75) is 58.9 Å². The minimum Gasteiger partial charge on any atom is -1.00 e. The maximum Gasteiger partial charge on any atom is 0.239 e. The highest BCUT2D eigenvalue weighted by atomic mass is 127. The molecule has 0 saturated carbocycles. The molecule has 0 aliphatic rings. The number of unbranched alkanes of at least 4 members (excludes halogenated alkanes) is 1. The van der Waals surface area contributed by atoms with Crippen LogP contribution in [-0.2, 0) is 22.4 Å². The van der Waals surface area contributed by atoms with Gasteiger partial charge in [0.2, 0.25) is 11.8 Å². The number of quaternary nitrogens is 1. The Morgan fingerprint density at radius 1 is 0.860 bits per heavy atom.